The minimum atomic E-state index is 0.568. The minimum absolute atomic E-state index is 0.568. The highest BCUT2D eigenvalue weighted by atomic mass is 16.5. The molecule has 0 aliphatic carbocycles. The van der Waals surface area contributed by atoms with Gasteiger partial charge in [0.25, 0.3) is 0 Å². The Hall–Kier alpha value is -1.16. The van der Waals surface area contributed by atoms with Crippen LogP contribution in [0.15, 0.2) is 12.4 Å². The topological polar surface area (TPSA) is 47.0 Å². The Balaban J connectivity index is 1.96. The second-order valence-corrected chi connectivity index (χ2v) is 3.90. The Morgan fingerprint density at radius 3 is 3.13 bits per heavy atom. The second-order valence-electron chi connectivity index (χ2n) is 3.90. The van der Waals surface area contributed by atoms with E-state index in [1.807, 2.05) is 6.07 Å². The number of nitrogens with one attached hydrogen (secondary N) is 1. The van der Waals surface area contributed by atoms with Crippen LogP contribution in [0.2, 0.25) is 0 Å². The maximum atomic E-state index is 5.07. The molecule has 1 aromatic rings. The van der Waals surface area contributed by atoms with Crippen LogP contribution in [0, 0.1) is 0 Å². The molecule has 2 heterocycles. The zero-order valence-corrected chi connectivity index (χ0v) is 9.07. The summed E-state index contributed by atoms with van der Waals surface area (Å²) >= 11 is 0. The summed E-state index contributed by atoms with van der Waals surface area (Å²) in [6, 6.07) is 2.48. The van der Waals surface area contributed by atoms with Crippen molar-refractivity contribution in [2.45, 2.75) is 31.7 Å². The minimum Gasteiger partial charge on any atom is -0.481 e. The predicted molar refractivity (Wildman–Crippen MR) is 57.9 cm³/mol. The fourth-order valence-corrected chi connectivity index (χ4v) is 1.95. The molecule has 1 N–H and O–H groups in total. The first-order chi connectivity index (χ1) is 7.38. The lowest BCUT2D eigenvalue weighted by atomic mass is 10.0. The van der Waals surface area contributed by atoms with E-state index < -0.39 is 0 Å². The number of nitrogens with zero attached hydrogens (tertiary/aromatic N) is 2. The highest BCUT2D eigenvalue weighted by Gasteiger charge is 2.13. The molecule has 1 aromatic heterocycles. The van der Waals surface area contributed by atoms with Crippen molar-refractivity contribution in [3.63, 3.8) is 0 Å². The molecular formula is C11H17N3O. The van der Waals surface area contributed by atoms with Crippen LogP contribution in [-0.2, 0) is 6.42 Å². The lowest BCUT2D eigenvalue weighted by molar-refractivity contribution is 0.386. The molecule has 1 atom stereocenters. The van der Waals surface area contributed by atoms with Crippen molar-refractivity contribution in [2.75, 3.05) is 13.7 Å². The second kappa shape index (κ2) is 5.07. The van der Waals surface area contributed by atoms with Gasteiger partial charge >= 0.3 is 0 Å². The summed E-state index contributed by atoms with van der Waals surface area (Å²) in [5.41, 5.74) is 1.06. The van der Waals surface area contributed by atoms with Crippen LogP contribution in [0.1, 0.15) is 25.0 Å². The highest BCUT2D eigenvalue weighted by molar-refractivity contribution is 5.14. The van der Waals surface area contributed by atoms with Gasteiger partial charge < -0.3 is 10.1 Å². The Morgan fingerprint density at radius 2 is 2.40 bits per heavy atom. The van der Waals surface area contributed by atoms with E-state index in [4.69, 9.17) is 4.74 Å². The van der Waals surface area contributed by atoms with Gasteiger partial charge in [0.1, 0.15) is 6.33 Å². The van der Waals surface area contributed by atoms with Gasteiger partial charge in [-0.05, 0) is 19.4 Å². The van der Waals surface area contributed by atoms with E-state index in [-0.39, 0.29) is 0 Å². The van der Waals surface area contributed by atoms with Gasteiger partial charge in [-0.15, -0.1) is 0 Å². The molecule has 1 saturated heterocycles. The Bertz CT molecular complexity index is 310. The van der Waals surface area contributed by atoms with E-state index in [1.54, 1.807) is 13.4 Å². The molecule has 4 heteroatoms. The van der Waals surface area contributed by atoms with Crippen molar-refractivity contribution < 1.29 is 4.74 Å². The summed E-state index contributed by atoms with van der Waals surface area (Å²) < 4.78 is 5.07. The molecule has 15 heavy (non-hydrogen) atoms. The summed E-state index contributed by atoms with van der Waals surface area (Å²) in [4.78, 5) is 8.25. The van der Waals surface area contributed by atoms with Crippen molar-refractivity contribution in [3.8, 4) is 5.88 Å². The lowest BCUT2D eigenvalue weighted by Crippen LogP contribution is -2.35. The molecule has 4 nitrogen and oxygen atoms in total. The largest absolute Gasteiger partial charge is 0.481 e. The van der Waals surface area contributed by atoms with E-state index >= 15 is 0 Å². The first kappa shape index (κ1) is 10.4. The molecule has 0 spiro atoms. The molecule has 0 radical (unpaired) electrons. The van der Waals surface area contributed by atoms with Crippen molar-refractivity contribution in [2.24, 2.45) is 0 Å². The smallest absolute Gasteiger partial charge is 0.216 e. The number of rotatable bonds is 3. The SMILES string of the molecule is COc1cc(CC2CCCCN2)ncn1. The predicted octanol–water partition coefficient (Wildman–Crippen LogP) is 1.17. The van der Waals surface area contributed by atoms with Gasteiger partial charge in [0.05, 0.1) is 7.11 Å². The van der Waals surface area contributed by atoms with Gasteiger partial charge in [-0.2, -0.15) is 0 Å². The summed E-state index contributed by atoms with van der Waals surface area (Å²) in [7, 11) is 1.63. The molecule has 0 amide bonds. The van der Waals surface area contributed by atoms with E-state index in [1.165, 1.54) is 19.3 Å². The fraction of sp³-hybridized carbons (Fsp3) is 0.636. The standard InChI is InChI=1S/C11H17N3O/c1-15-11-7-10(13-8-14-11)6-9-4-2-3-5-12-9/h7-9,12H,2-6H2,1H3. The van der Waals surface area contributed by atoms with Crippen LogP contribution in [-0.4, -0.2) is 29.7 Å². The molecular weight excluding hydrogens is 190 g/mol. The van der Waals surface area contributed by atoms with E-state index in [0.717, 1.165) is 18.7 Å². The van der Waals surface area contributed by atoms with Gasteiger partial charge in [0.2, 0.25) is 5.88 Å². The average Bonchev–Trinajstić information content (AvgIpc) is 2.31. The number of hydrogen-bond acceptors (Lipinski definition) is 4. The van der Waals surface area contributed by atoms with Crippen LogP contribution < -0.4 is 10.1 Å². The third kappa shape index (κ3) is 2.89. The molecule has 82 valence electrons. The number of methoxy groups -OCH3 is 1. The monoisotopic (exact) mass is 207 g/mol. The van der Waals surface area contributed by atoms with Gasteiger partial charge in [-0.3, -0.25) is 0 Å². The van der Waals surface area contributed by atoms with Crippen molar-refractivity contribution >= 4 is 0 Å². The highest BCUT2D eigenvalue weighted by Crippen LogP contribution is 2.13. The molecule has 0 aromatic carbocycles. The lowest BCUT2D eigenvalue weighted by Gasteiger charge is -2.22. The Kier molecular flexibility index (Phi) is 3.50. The zero-order chi connectivity index (χ0) is 10.5. The van der Waals surface area contributed by atoms with E-state index in [2.05, 4.69) is 15.3 Å². The normalized spacial score (nSPS) is 21.3. The van der Waals surface area contributed by atoms with Crippen LogP contribution in [0.3, 0.4) is 0 Å². The summed E-state index contributed by atoms with van der Waals surface area (Å²) in [5.74, 6) is 0.649. The molecule has 2 rings (SSSR count). The number of hydrogen-bond donors (Lipinski definition) is 1. The van der Waals surface area contributed by atoms with Crippen molar-refractivity contribution in [1.29, 1.82) is 0 Å². The molecule has 0 saturated carbocycles. The number of piperidine rings is 1. The van der Waals surface area contributed by atoms with Crippen LogP contribution in [0.5, 0.6) is 5.88 Å². The maximum absolute atomic E-state index is 5.07. The first-order valence-electron chi connectivity index (χ1n) is 5.47. The van der Waals surface area contributed by atoms with E-state index in [0.29, 0.717) is 11.9 Å². The fourth-order valence-electron chi connectivity index (χ4n) is 1.95. The molecule has 0 bridgehead atoms. The number of aromatic nitrogens is 2. The summed E-state index contributed by atoms with van der Waals surface area (Å²) in [6.07, 6.45) is 6.39. The quantitative estimate of drug-likeness (QED) is 0.808. The third-order valence-corrected chi connectivity index (χ3v) is 2.78. The molecule has 1 aliphatic rings. The number of ether oxygens (including phenoxy) is 1. The van der Waals surface area contributed by atoms with Crippen LogP contribution in [0.25, 0.3) is 0 Å². The molecule has 1 aliphatic heterocycles. The van der Waals surface area contributed by atoms with E-state index in [9.17, 15) is 0 Å². The summed E-state index contributed by atoms with van der Waals surface area (Å²) in [5, 5.41) is 3.50. The third-order valence-electron chi connectivity index (χ3n) is 2.78. The molecule has 1 fully saturated rings. The maximum Gasteiger partial charge on any atom is 0.216 e. The van der Waals surface area contributed by atoms with Crippen LogP contribution >= 0.6 is 0 Å². The molecule has 1 unspecified atom stereocenters. The van der Waals surface area contributed by atoms with Gasteiger partial charge in [-0.1, -0.05) is 6.42 Å². The van der Waals surface area contributed by atoms with Crippen LogP contribution in [0.4, 0.5) is 0 Å². The first-order valence-corrected chi connectivity index (χ1v) is 5.47. The van der Waals surface area contributed by atoms with Gasteiger partial charge in [0.15, 0.2) is 0 Å². The Morgan fingerprint density at radius 1 is 1.47 bits per heavy atom. The zero-order valence-electron chi connectivity index (χ0n) is 9.07. The van der Waals surface area contributed by atoms with Crippen molar-refractivity contribution in [3.05, 3.63) is 18.1 Å². The van der Waals surface area contributed by atoms with Gasteiger partial charge in [-0.25, -0.2) is 9.97 Å². The van der Waals surface area contributed by atoms with Gasteiger partial charge in [0, 0.05) is 24.2 Å². The average molecular weight is 207 g/mol. The van der Waals surface area contributed by atoms with Crippen molar-refractivity contribution in [1.82, 2.24) is 15.3 Å². The Labute approximate surface area is 90.1 Å². The summed E-state index contributed by atoms with van der Waals surface area (Å²) in [6.45, 7) is 1.13.